The number of amides is 1. The van der Waals surface area contributed by atoms with Crippen LogP contribution in [0.5, 0.6) is 0 Å². The number of aromatic nitrogens is 1. The second-order valence-corrected chi connectivity index (χ2v) is 5.96. The van der Waals surface area contributed by atoms with E-state index in [2.05, 4.69) is 36.3 Å². The first-order valence-electron chi connectivity index (χ1n) is 7.78. The Balaban J connectivity index is 1.72. The Kier molecular flexibility index (Phi) is 4.29. The first kappa shape index (κ1) is 15.1. The van der Waals surface area contributed by atoms with Crippen LogP contribution >= 0.6 is 0 Å². The average molecular weight is 304 g/mol. The van der Waals surface area contributed by atoms with E-state index in [9.17, 15) is 4.79 Å². The van der Waals surface area contributed by atoms with Gasteiger partial charge in [-0.3, -0.25) is 4.79 Å². The van der Waals surface area contributed by atoms with Gasteiger partial charge in [-0.2, -0.15) is 0 Å². The predicted molar refractivity (Wildman–Crippen MR) is 96.6 cm³/mol. The maximum absolute atomic E-state index is 12.3. The summed E-state index contributed by atoms with van der Waals surface area (Å²) >= 11 is 0. The third kappa shape index (κ3) is 3.69. The van der Waals surface area contributed by atoms with E-state index < -0.39 is 0 Å². The third-order valence-corrected chi connectivity index (χ3v) is 3.66. The van der Waals surface area contributed by atoms with Crippen LogP contribution in [0, 0.1) is 5.92 Å². The van der Waals surface area contributed by atoms with Gasteiger partial charge in [0.25, 0.3) is 5.91 Å². The molecule has 0 aliphatic carbocycles. The highest BCUT2D eigenvalue weighted by atomic mass is 16.1. The number of benzene rings is 2. The highest BCUT2D eigenvalue weighted by Crippen LogP contribution is 2.18. The summed E-state index contributed by atoms with van der Waals surface area (Å²) in [5, 5.41) is 4.02. The van der Waals surface area contributed by atoms with Crippen molar-refractivity contribution in [2.75, 3.05) is 5.32 Å². The Morgan fingerprint density at radius 2 is 1.87 bits per heavy atom. The maximum atomic E-state index is 12.3. The quantitative estimate of drug-likeness (QED) is 0.693. The molecule has 0 atom stereocenters. The summed E-state index contributed by atoms with van der Waals surface area (Å²) in [5.74, 6) is 0.417. The van der Waals surface area contributed by atoms with Crippen LogP contribution < -0.4 is 5.32 Å². The molecule has 0 saturated heterocycles. The van der Waals surface area contributed by atoms with Crippen LogP contribution in [0.3, 0.4) is 0 Å². The highest BCUT2D eigenvalue weighted by molar-refractivity contribution is 6.05. The molecule has 0 aliphatic rings. The molecule has 0 radical (unpaired) electrons. The Hall–Kier alpha value is -2.81. The normalized spacial score (nSPS) is 11.4. The standard InChI is InChI=1S/C20H20N2O/c1-14(2)3-4-15-5-7-16(8-6-15)20(23)22-18-9-10-19-17(13-18)11-12-21-19/h3-14,21H,1-2H3,(H,22,23)/b4-3+. The predicted octanol–water partition coefficient (Wildman–Crippen LogP) is 5.09. The summed E-state index contributed by atoms with van der Waals surface area (Å²) in [5.41, 5.74) is 3.61. The van der Waals surface area contributed by atoms with E-state index in [0.717, 1.165) is 22.2 Å². The van der Waals surface area contributed by atoms with Crippen molar-refractivity contribution in [2.24, 2.45) is 5.92 Å². The van der Waals surface area contributed by atoms with Gasteiger partial charge in [0.05, 0.1) is 0 Å². The van der Waals surface area contributed by atoms with Crippen molar-refractivity contribution in [2.45, 2.75) is 13.8 Å². The Morgan fingerprint density at radius 1 is 1.09 bits per heavy atom. The molecule has 3 nitrogen and oxygen atoms in total. The van der Waals surface area contributed by atoms with Crippen LogP contribution in [0.25, 0.3) is 17.0 Å². The Morgan fingerprint density at radius 3 is 2.61 bits per heavy atom. The molecule has 0 aliphatic heterocycles. The van der Waals surface area contributed by atoms with Gasteiger partial charge >= 0.3 is 0 Å². The van der Waals surface area contributed by atoms with E-state index in [0.29, 0.717) is 11.5 Å². The molecule has 0 unspecified atom stereocenters. The van der Waals surface area contributed by atoms with Gasteiger partial charge in [-0.1, -0.05) is 38.1 Å². The highest BCUT2D eigenvalue weighted by Gasteiger charge is 2.06. The minimum absolute atomic E-state index is 0.0979. The lowest BCUT2D eigenvalue weighted by molar-refractivity contribution is 0.102. The summed E-state index contributed by atoms with van der Waals surface area (Å²) < 4.78 is 0. The number of H-pyrrole nitrogens is 1. The van der Waals surface area contributed by atoms with Crippen molar-refractivity contribution in [1.29, 1.82) is 0 Å². The Labute approximate surface area is 136 Å². The van der Waals surface area contributed by atoms with Gasteiger partial charge in [-0.25, -0.2) is 0 Å². The molecule has 1 heterocycles. The first-order valence-corrected chi connectivity index (χ1v) is 7.78. The van der Waals surface area contributed by atoms with Crippen molar-refractivity contribution < 1.29 is 4.79 Å². The second kappa shape index (κ2) is 6.53. The number of aromatic amines is 1. The number of anilines is 1. The topological polar surface area (TPSA) is 44.9 Å². The molecular weight excluding hydrogens is 284 g/mol. The molecule has 3 aromatic rings. The molecule has 0 fully saturated rings. The molecular formula is C20H20N2O. The molecule has 2 aromatic carbocycles. The minimum Gasteiger partial charge on any atom is -0.361 e. The lowest BCUT2D eigenvalue weighted by Crippen LogP contribution is -2.11. The van der Waals surface area contributed by atoms with E-state index in [-0.39, 0.29) is 5.91 Å². The number of hydrogen-bond donors (Lipinski definition) is 2. The number of nitrogens with one attached hydrogen (secondary N) is 2. The van der Waals surface area contributed by atoms with Crippen molar-refractivity contribution in [3.8, 4) is 0 Å². The molecule has 23 heavy (non-hydrogen) atoms. The van der Waals surface area contributed by atoms with Crippen molar-refractivity contribution in [3.05, 3.63) is 71.9 Å². The number of allylic oxidation sites excluding steroid dienone is 1. The number of fused-ring (bicyclic) bond motifs is 1. The van der Waals surface area contributed by atoms with Crippen LogP contribution in [-0.4, -0.2) is 10.9 Å². The zero-order valence-electron chi connectivity index (χ0n) is 13.3. The van der Waals surface area contributed by atoms with Crippen molar-refractivity contribution in [3.63, 3.8) is 0 Å². The summed E-state index contributed by atoms with van der Waals surface area (Å²) in [7, 11) is 0. The van der Waals surface area contributed by atoms with E-state index in [1.165, 1.54) is 0 Å². The van der Waals surface area contributed by atoms with Crippen LogP contribution in [0.2, 0.25) is 0 Å². The molecule has 116 valence electrons. The largest absolute Gasteiger partial charge is 0.361 e. The molecule has 3 rings (SSSR count). The van der Waals surface area contributed by atoms with Gasteiger partial charge in [0.1, 0.15) is 0 Å². The van der Waals surface area contributed by atoms with E-state index in [4.69, 9.17) is 0 Å². The number of carbonyl (C=O) groups is 1. The molecule has 3 heteroatoms. The summed E-state index contributed by atoms with van der Waals surface area (Å²) in [6.07, 6.45) is 6.10. The molecule has 0 spiro atoms. The Bertz CT molecular complexity index is 841. The van der Waals surface area contributed by atoms with Gasteiger partial charge in [-0.05, 0) is 47.9 Å². The molecule has 0 bridgehead atoms. The van der Waals surface area contributed by atoms with Crippen LogP contribution in [0.1, 0.15) is 29.8 Å². The molecule has 0 saturated carbocycles. The van der Waals surface area contributed by atoms with Gasteiger partial charge in [-0.15, -0.1) is 0 Å². The molecule has 1 aromatic heterocycles. The smallest absolute Gasteiger partial charge is 0.255 e. The zero-order chi connectivity index (χ0) is 16.2. The summed E-state index contributed by atoms with van der Waals surface area (Å²) in [6, 6.07) is 15.4. The maximum Gasteiger partial charge on any atom is 0.255 e. The van der Waals surface area contributed by atoms with Crippen molar-refractivity contribution in [1.82, 2.24) is 4.98 Å². The minimum atomic E-state index is -0.0979. The number of hydrogen-bond acceptors (Lipinski definition) is 1. The lowest BCUT2D eigenvalue weighted by Gasteiger charge is -2.06. The van der Waals surface area contributed by atoms with E-state index in [1.54, 1.807) is 0 Å². The van der Waals surface area contributed by atoms with Gasteiger partial charge in [0.2, 0.25) is 0 Å². The van der Waals surface area contributed by atoms with Gasteiger partial charge in [0, 0.05) is 28.4 Å². The monoisotopic (exact) mass is 304 g/mol. The molecule has 1 amide bonds. The van der Waals surface area contributed by atoms with Crippen LogP contribution in [-0.2, 0) is 0 Å². The molecule has 2 N–H and O–H groups in total. The summed E-state index contributed by atoms with van der Waals surface area (Å²) in [6.45, 7) is 4.28. The summed E-state index contributed by atoms with van der Waals surface area (Å²) in [4.78, 5) is 15.5. The SMILES string of the molecule is CC(C)/C=C/c1ccc(C(=O)Nc2ccc3[nH]ccc3c2)cc1. The second-order valence-electron chi connectivity index (χ2n) is 5.96. The number of carbonyl (C=O) groups excluding carboxylic acids is 1. The van der Waals surface area contributed by atoms with Crippen LogP contribution in [0.15, 0.2) is 60.8 Å². The van der Waals surface area contributed by atoms with Gasteiger partial charge in [0.15, 0.2) is 0 Å². The number of rotatable bonds is 4. The average Bonchev–Trinajstić information content (AvgIpc) is 3.01. The fraction of sp³-hybridized carbons (Fsp3) is 0.150. The van der Waals surface area contributed by atoms with Crippen molar-refractivity contribution >= 4 is 28.6 Å². The zero-order valence-corrected chi connectivity index (χ0v) is 13.3. The van der Waals surface area contributed by atoms with E-state index >= 15 is 0 Å². The lowest BCUT2D eigenvalue weighted by atomic mass is 10.1. The third-order valence-electron chi connectivity index (χ3n) is 3.66. The van der Waals surface area contributed by atoms with E-state index in [1.807, 2.05) is 54.7 Å². The van der Waals surface area contributed by atoms with Crippen LogP contribution in [0.4, 0.5) is 5.69 Å². The first-order chi connectivity index (χ1) is 11.1. The fourth-order valence-corrected chi connectivity index (χ4v) is 2.38. The fourth-order valence-electron chi connectivity index (χ4n) is 2.38. The van der Waals surface area contributed by atoms with Gasteiger partial charge < -0.3 is 10.3 Å².